The molecular weight excluding hydrogens is 434 g/mol. The van der Waals surface area contributed by atoms with Gasteiger partial charge in [-0.05, 0) is 50.8 Å². The molecule has 1 aromatic carbocycles. The van der Waals surface area contributed by atoms with E-state index in [9.17, 15) is 19.2 Å². The van der Waals surface area contributed by atoms with Crippen molar-refractivity contribution in [2.24, 2.45) is 5.92 Å². The van der Waals surface area contributed by atoms with Crippen LogP contribution in [0.2, 0.25) is 0 Å². The van der Waals surface area contributed by atoms with Crippen molar-refractivity contribution in [3.8, 4) is 0 Å². The predicted octanol–water partition coefficient (Wildman–Crippen LogP) is 1.83. The molecule has 0 bridgehead atoms. The Balaban J connectivity index is 2.24. The molecule has 0 saturated carbocycles. The minimum atomic E-state index is -1.10. The molecule has 2 aromatic rings. The van der Waals surface area contributed by atoms with Crippen LogP contribution in [-0.2, 0) is 20.8 Å². The molecule has 2 atom stereocenters. The fourth-order valence-corrected chi connectivity index (χ4v) is 3.25. The topological polar surface area (TPSA) is 130 Å². The van der Waals surface area contributed by atoms with Crippen molar-refractivity contribution in [3.05, 3.63) is 59.9 Å². The summed E-state index contributed by atoms with van der Waals surface area (Å²) in [5.74, 6) is -2.56. The molecule has 3 N–H and O–H groups in total. The monoisotopic (exact) mass is 467 g/mol. The average Bonchev–Trinajstić information content (AvgIpc) is 2.77. The Bertz CT molecular complexity index is 987. The molecule has 0 spiro atoms. The molecule has 1 aromatic heterocycles. The maximum atomic E-state index is 13.2. The van der Waals surface area contributed by atoms with E-state index >= 15 is 0 Å². The van der Waals surface area contributed by atoms with Gasteiger partial charge in [-0.3, -0.25) is 19.2 Å². The van der Waals surface area contributed by atoms with E-state index in [2.05, 4.69) is 26.1 Å². The number of carbonyl (C=O) groups excluding carboxylic acids is 4. The summed E-state index contributed by atoms with van der Waals surface area (Å²) in [5, 5.41) is 15.5. The number of benzene rings is 1. The SMILES string of the molecule is CC(C)CC(NC(=O)c1cccnn1)C(=O)NC(Cc1ccccc1)C(=O)C(=O)NC(C)(C)C. The highest BCUT2D eigenvalue weighted by atomic mass is 16.2. The molecule has 2 unspecified atom stereocenters. The molecule has 0 radical (unpaired) electrons. The van der Waals surface area contributed by atoms with Crippen molar-refractivity contribution in [1.29, 1.82) is 0 Å². The number of hydrogen-bond donors (Lipinski definition) is 3. The molecule has 1 heterocycles. The number of Topliss-reactive ketones (excluding diaryl/α,β-unsaturated/α-hetero) is 1. The lowest BCUT2D eigenvalue weighted by molar-refractivity contribution is -0.141. The molecule has 0 aliphatic heterocycles. The lowest BCUT2D eigenvalue weighted by Crippen LogP contribution is -2.56. The highest BCUT2D eigenvalue weighted by Crippen LogP contribution is 2.10. The predicted molar refractivity (Wildman–Crippen MR) is 128 cm³/mol. The molecule has 9 heteroatoms. The van der Waals surface area contributed by atoms with Crippen molar-refractivity contribution in [1.82, 2.24) is 26.1 Å². The number of nitrogens with zero attached hydrogens (tertiary/aromatic N) is 2. The summed E-state index contributed by atoms with van der Waals surface area (Å²) in [5.41, 5.74) is 0.248. The molecule has 34 heavy (non-hydrogen) atoms. The van der Waals surface area contributed by atoms with Crippen molar-refractivity contribution in [2.45, 2.75) is 65.1 Å². The van der Waals surface area contributed by atoms with Crippen LogP contribution in [0.1, 0.15) is 57.1 Å². The Labute approximate surface area is 200 Å². The first-order chi connectivity index (χ1) is 16.0. The average molecular weight is 468 g/mol. The molecule has 182 valence electrons. The third kappa shape index (κ3) is 8.73. The number of amides is 3. The van der Waals surface area contributed by atoms with Crippen LogP contribution in [-0.4, -0.2) is 51.3 Å². The van der Waals surface area contributed by atoms with Gasteiger partial charge in [0, 0.05) is 18.2 Å². The second-order valence-electron chi connectivity index (χ2n) is 9.58. The van der Waals surface area contributed by atoms with E-state index in [4.69, 9.17) is 0 Å². The van der Waals surface area contributed by atoms with Gasteiger partial charge in [0.15, 0.2) is 5.69 Å². The number of ketones is 1. The Morgan fingerprint density at radius 2 is 1.59 bits per heavy atom. The molecule has 3 amide bonds. The van der Waals surface area contributed by atoms with Gasteiger partial charge in [0.05, 0.1) is 0 Å². The van der Waals surface area contributed by atoms with Gasteiger partial charge >= 0.3 is 0 Å². The van der Waals surface area contributed by atoms with Crippen LogP contribution in [0.15, 0.2) is 48.7 Å². The molecule has 0 fully saturated rings. The lowest BCUT2D eigenvalue weighted by atomic mass is 9.98. The zero-order chi connectivity index (χ0) is 25.3. The van der Waals surface area contributed by atoms with E-state index in [-0.39, 0.29) is 18.0 Å². The normalized spacial score (nSPS) is 13.0. The Morgan fingerprint density at radius 1 is 0.912 bits per heavy atom. The largest absolute Gasteiger partial charge is 0.345 e. The van der Waals surface area contributed by atoms with Crippen molar-refractivity contribution in [3.63, 3.8) is 0 Å². The molecule has 9 nitrogen and oxygen atoms in total. The summed E-state index contributed by atoms with van der Waals surface area (Å²) in [6.07, 6.45) is 1.91. The van der Waals surface area contributed by atoms with Gasteiger partial charge in [-0.1, -0.05) is 44.2 Å². The summed E-state index contributed by atoms with van der Waals surface area (Å²) in [7, 11) is 0. The highest BCUT2D eigenvalue weighted by Gasteiger charge is 2.32. The van der Waals surface area contributed by atoms with Crippen molar-refractivity contribution in [2.75, 3.05) is 0 Å². The molecule has 0 aliphatic rings. The summed E-state index contributed by atoms with van der Waals surface area (Å²) >= 11 is 0. The first-order valence-corrected chi connectivity index (χ1v) is 11.3. The Morgan fingerprint density at radius 3 is 2.15 bits per heavy atom. The van der Waals surface area contributed by atoms with E-state index in [0.29, 0.717) is 6.42 Å². The van der Waals surface area contributed by atoms with Crippen LogP contribution in [0.25, 0.3) is 0 Å². The summed E-state index contributed by atoms with van der Waals surface area (Å²) in [4.78, 5) is 51.4. The maximum absolute atomic E-state index is 13.2. The minimum Gasteiger partial charge on any atom is -0.345 e. The zero-order valence-corrected chi connectivity index (χ0v) is 20.3. The summed E-state index contributed by atoms with van der Waals surface area (Å²) in [6.45, 7) is 9.13. The first-order valence-electron chi connectivity index (χ1n) is 11.3. The first kappa shape index (κ1) is 26.6. The van der Waals surface area contributed by atoms with Gasteiger partial charge < -0.3 is 16.0 Å². The van der Waals surface area contributed by atoms with Crippen LogP contribution in [0.5, 0.6) is 0 Å². The summed E-state index contributed by atoms with van der Waals surface area (Å²) < 4.78 is 0. The van der Waals surface area contributed by atoms with Gasteiger partial charge in [-0.2, -0.15) is 5.10 Å². The van der Waals surface area contributed by atoms with Gasteiger partial charge in [0.1, 0.15) is 12.1 Å². The summed E-state index contributed by atoms with van der Waals surface area (Å²) in [6, 6.07) is 10.1. The Kier molecular flexibility index (Phi) is 9.41. The number of carbonyl (C=O) groups is 4. The van der Waals surface area contributed by atoms with Crippen LogP contribution >= 0.6 is 0 Å². The van der Waals surface area contributed by atoms with Crippen LogP contribution in [0.3, 0.4) is 0 Å². The van der Waals surface area contributed by atoms with E-state index in [1.54, 1.807) is 26.8 Å². The van der Waals surface area contributed by atoms with Crippen LogP contribution < -0.4 is 16.0 Å². The van der Waals surface area contributed by atoms with Crippen LogP contribution in [0.4, 0.5) is 0 Å². The second kappa shape index (κ2) is 12.0. The van der Waals surface area contributed by atoms with E-state index in [1.165, 1.54) is 12.3 Å². The third-order valence-electron chi connectivity index (χ3n) is 4.76. The fourth-order valence-electron chi connectivity index (χ4n) is 3.25. The molecular formula is C25H33N5O4. The Hall–Kier alpha value is -3.62. The number of aromatic nitrogens is 2. The van der Waals surface area contributed by atoms with Crippen molar-refractivity contribution < 1.29 is 19.2 Å². The number of hydrogen-bond acceptors (Lipinski definition) is 6. The molecule has 2 rings (SSSR count). The van der Waals surface area contributed by atoms with E-state index in [1.807, 2.05) is 44.2 Å². The number of rotatable bonds is 10. The van der Waals surface area contributed by atoms with Crippen LogP contribution in [0, 0.1) is 5.92 Å². The quantitative estimate of drug-likeness (QED) is 0.457. The highest BCUT2D eigenvalue weighted by molar-refractivity contribution is 6.38. The lowest BCUT2D eigenvalue weighted by Gasteiger charge is -2.25. The standard InChI is InChI=1S/C25H33N5O4/c1-16(2)14-20(28-22(32)18-12-9-13-26-30-18)23(33)27-19(15-17-10-7-6-8-11-17)21(31)24(34)29-25(3,4)5/h6-13,16,19-20H,14-15H2,1-5H3,(H,27,33)(H,28,32)(H,29,34). The van der Waals surface area contributed by atoms with Gasteiger partial charge in [-0.15, -0.1) is 5.10 Å². The van der Waals surface area contributed by atoms with Gasteiger partial charge in [-0.25, -0.2) is 0 Å². The van der Waals surface area contributed by atoms with Gasteiger partial charge in [0.2, 0.25) is 11.7 Å². The van der Waals surface area contributed by atoms with E-state index in [0.717, 1.165) is 5.56 Å². The molecule has 0 saturated heterocycles. The zero-order valence-electron chi connectivity index (χ0n) is 20.3. The molecule has 0 aliphatic carbocycles. The fraction of sp³-hybridized carbons (Fsp3) is 0.440. The second-order valence-corrected chi connectivity index (χ2v) is 9.58. The minimum absolute atomic E-state index is 0.0744. The van der Waals surface area contributed by atoms with Crippen molar-refractivity contribution >= 4 is 23.5 Å². The number of nitrogens with one attached hydrogen (secondary N) is 3. The smallest absolute Gasteiger partial charge is 0.290 e. The third-order valence-corrected chi connectivity index (χ3v) is 4.76. The van der Waals surface area contributed by atoms with Gasteiger partial charge in [0.25, 0.3) is 11.8 Å². The maximum Gasteiger partial charge on any atom is 0.290 e. The van der Waals surface area contributed by atoms with E-state index < -0.39 is 41.1 Å².